The number of benzene rings is 1. The van der Waals surface area contributed by atoms with Gasteiger partial charge in [-0.25, -0.2) is 8.42 Å². The zero-order valence-corrected chi connectivity index (χ0v) is 12.6. The molecule has 3 rings (SSSR count). The summed E-state index contributed by atoms with van der Waals surface area (Å²) in [5.74, 6) is 1.33. The Labute approximate surface area is 123 Å². The highest BCUT2D eigenvalue weighted by atomic mass is 32.2. The van der Waals surface area contributed by atoms with Crippen LogP contribution in [0.3, 0.4) is 0 Å². The van der Waals surface area contributed by atoms with Gasteiger partial charge in [0.15, 0.2) is 9.84 Å². The van der Waals surface area contributed by atoms with Gasteiger partial charge in [0.05, 0.1) is 9.82 Å². The predicted octanol–water partition coefficient (Wildman–Crippen LogP) is 2.60. The van der Waals surface area contributed by atoms with Crippen molar-refractivity contribution in [3.05, 3.63) is 28.3 Å². The van der Waals surface area contributed by atoms with Gasteiger partial charge < -0.3 is 5.32 Å². The summed E-state index contributed by atoms with van der Waals surface area (Å²) in [6, 6.07) is 4.36. The SMILES string of the molecule is CS(=O)(=O)c1ccc(NC2CC3CCC2C3)c([N+](=O)[O-])c1. The quantitative estimate of drug-likeness (QED) is 0.682. The van der Waals surface area contributed by atoms with Crippen LogP contribution in [0.1, 0.15) is 25.7 Å². The molecular weight excluding hydrogens is 292 g/mol. The summed E-state index contributed by atoms with van der Waals surface area (Å²) >= 11 is 0. The standard InChI is InChI=1S/C14H18N2O4S/c1-21(19,20)11-4-5-12(14(8-11)16(17)18)15-13-7-9-2-3-10(13)6-9/h4-5,8-10,13,15H,2-3,6-7H2,1H3. The average Bonchev–Trinajstić information content (AvgIpc) is 2.99. The van der Waals surface area contributed by atoms with Gasteiger partial charge >= 0.3 is 0 Å². The van der Waals surface area contributed by atoms with E-state index in [0.717, 1.165) is 24.7 Å². The zero-order chi connectivity index (χ0) is 15.2. The Bertz CT molecular complexity index is 686. The van der Waals surface area contributed by atoms with Crippen molar-refractivity contribution in [2.75, 3.05) is 11.6 Å². The zero-order valence-electron chi connectivity index (χ0n) is 11.8. The molecule has 7 heteroatoms. The van der Waals surface area contributed by atoms with E-state index in [1.165, 1.54) is 31.4 Å². The molecule has 0 radical (unpaired) electrons. The van der Waals surface area contributed by atoms with Crippen LogP contribution < -0.4 is 5.32 Å². The van der Waals surface area contributed by atoms with Crippen molar-refractivity contribution in [3.8, 4) is 0 Å². The Balaban J connectivity index is 1.89. The average molecular weight is 310 g/mol. The number of nitrogens with zero attached hydrogens (tertiary/aromatic N) is 1. The fraction of sp³-hybridized carbons (Fsp3) is 0.571. The van der Waals surface area contributed by atoms with Gasteiger partial charge in [-0.3, -0.25) is 10.1 Å². The van der Waals surface area contributed by atoms with E-state index in [1.54, 1.807) is 0 Å². The second-order valence-electron chi connectivity index (χ2n) is 6.13. The van der Waals surface area contributed by atoms with E-state index in [1.807, 2.05) is 0 Å². The van der Waals surface area contributed by atoms with E-state index in [2.05, 4.69) is 5.32 Å². The summed E-state index contributed by atoms with van der Waals surface area (Å²) in [7, 11) is -3.44. The van der Waals surface area contributed by atoms with Gasteiger partial charge in [0.25, 0.3) is 5.69 Å². The number of nitrogens with one attached hydrogen (secondary N) is 1. The van der Waals surface area contributed by atoms with Crippen LogP contribution in [-0.2, 0) is 9.84 Å². The smallest absolute Gasteiger partial charge is 0.293 e. The third-order valence-electron chi connectivity index (χ3n) is 4.67. The minimum atomic E-state index is -3.44. The fourth-order valence-corrected chi connectivity index (χ4v) is 4.28. The number of rotatable bonds is 4. The van der Waals surface area contributed by atoms with Crippen molar-refractivity contribution >= 4 is 21.2 Å². The minimum Gasteiger partial charge on any atom is -0.376 e. The molecule has 1 aromatic rings. The van der Waals surface area contributed by atoms with Crippen LogP contribution in [0.5, 0.6) is 0 Å². The Hall–Kier alpha value is -1.63. The van der Waals surface area contributed by atoms with Crippen molar-refractivity contribution in [3.63, 3.8) is 0 Å². The molecule has 2 bridgehead atoms. The minimum absolute atomic E-state index is 0.0207. The number of nitro benzene ring substituents is 1. The van der Waals surface area contributed by atoms with Gasteiger partial charge in [-0.1, -0.05) is 6.42 Å². The van der Waals surface area contributed by atoms with Gasteiger partial charge in [-0.05, 0) is 43.2 Å². The monoisotopic (exact) mass is 310 g/mol. The molecule has 2 aliphatic rings. The lowest BCUT2D eigenvalue weighted by Gasteiger charge is -2.23. The van der Waals surface area contributed by atoms with Gasteiger partial charge in [-0.15, -0.1) is 0 Å². The number of sulfone groups is 1. The maximum atomic E-state index is 11.5. The number of hydrogen-bond donors (Lipinski definition) is 1. The molecule has 114 valence electrons. The van der Waals surface area contributed by atoms with Crippen molar-refractivity contribution in [2.24, 2.45) is 11.8 Å². The molecule has 2 aliphatic carbocycles. The molecular formula is C14H18N2O4S. The highest BCUT2D eigenvalue weighted by molar-refractivity contribution is 7.90. The Morgan fingerprint density at radius 3 is 2.57 bits per heavy atom. The molecule has 0 aromatic heterocycles. The Morgan fingerprint density at radius 1 is 1.29 bits per heavy atom. The maximum Gasteiger partial charge on any atom is 0.293 e. The normalized spacial score (nSPS) is 27.8. The van der Waals surface area contributed by atoms with Crippen LogP contribution >= 0.6 is 0 Å². The fourth-order valence-electron chi connectivity index (χ4n) is 3.64. The van der Waals surface area contributed by atoms with E-state index in [-0.39, 0.29) is 16.6 Å². The highest BCUT2D eigenvalue weighted by Gasteiger charge is 2.40. The van der Waals surface area contributed by atoms with Gasteiger partial charge in [0.1, 0.15) is 5.69 Å². The molecule has 21 heavy (non-hydrogen) atoms. The summed E-state index contributed by atoms with van der Waals surface area (Å²) in [4.78, 5) is 10.7. The van der Waals surface area contributed by atoms with E-state index in [9.17, 15) is 18.5 Å². The van der Waals surface area contributed by atoms with Crippen LogP contribution in [0.15, 0.2) is 23.1 Å². The molecule has 0 aliphatic heterocycles. The van der Waals surface area contributed by atoms with E-state index in [4.69, 9.17) is 0 Å². The second-order valence-corrected chi connectivity index (χ2v) is 8.15. The first-order chi connectivity index (χ1) is 9.84. The Kier molecular flexibility index (Phi) is 3.39. The Morgan fingerprint density at radius 2 is 2.05 bits per heavy atom. The number of anilines is 1. The second kappa shape index (κ2) is 4.98. The molecule has 0 amide bonds. The van der Waals surface area contributed by atoms with Crippen LogP contribution in [0.4, 0.5) is 11.4 Å². The topological polar surface area (TPSA) is 89.3 Å². The lowest BCUT2D eigenvalue weighted by atomic mass is 9.95. The van der Waals surface area contributed by atoms with Gasteiger partial charge in [-0.2, -0.15) is 0 Å². The van der Waals surface area contributed by atoms with Gasteiger partial charge in [0, 0.05) is 18.4 Å². The number of nitro groups is 1. The summed E-state index contributed by atoms with van der Waals surface area (Å²) in [6.07, 6.45) is 5.74. The summed E-state index contributed by atoms with van der Waals surface area (Å²) in [5, 5.41) is 14.5. The van der Waals surface area contributed by atoms with Crippen molar-refractivity contribution in [1.29, 1.82) is 0 Å². The molecule has 2 fully saturated rings. The molecule has 2 saturated carbocycles. The molecule has 0 heterocycles. The molecule has 3 atom stereocenters. The van der Waals surface area contributed by atoms with Crippen LogP contribution in [-0.4, -0.2) is 25.6 Å². The summed E-state index contributed by atoms with van der Waals surface area (Å²) < 4.78 is 23.0. The largest absolute Gasteiger partial charge is 0.376 e. The maximum absolute atomic E-state index is 11.5. The first-order valence-electron chi connectivity index (χ1n) is 7.09. The molecule has 0 saturated heterocycles. The third-order valence-corrected chi connectivity index (χ3v) is 5.78. The van der Waals surface area contributed by atoms with Gasteiger partial charge in [0.2, 0.25) is 0 Å². The lowest BCUT2D eigenvalue weighted by molar-refractivity contribution is -0.384. The molecule has 1 aromatic carbocycles. The first kappa shape index (κ1) is 14.3. The first-order valence-corrected chi connectivity index (χ1v) is 8.99. The lowest BCUT2D eigenvalue weighted by Crippen LogP contribution is -2.26. The summed E-state index contributed by atoms with van der Waals surface area (Å²) in [5.41, 5.74) is 0.255. The molecule has 0 spiro atoms. The van der Waals surface area contributed by atoms with Crippen molar-refractivity contribution in [1.82, 2.24) is 0 Å². The summed E-state index contributed by atoms with van der Waals surface area (Å²) in [6.45, 7) is 0. The predicted molar refractivity (Wildman–Crippen MR) is 79.1 cm³/mol. The van der Waals surface area contributed by atoms with Crippen LogP contribution in [0, 0.1) is 22.0 Å². The van der Waals surface area contributed by atoms with Crippen LogP contribution in [0.25, 0.3) is 0 Å². The number of fused-ring (bicyclic) bond motifs is 2. The van der Waals surface area contributed by atoms with E-state index < -0.39 is 14.8 Å². The van der Waals surface area contributed by atoms with Crippen molar-refractivity contribution < 1.29 is 13.3 Å². The molecule has 3 unspecified atom stereocenters. The molecule has 6 nitrogen and oxygen atoms in total. The van der Waals surface area contributed by atoms with E-state index >= 15 is 0 Å². The molecule has 1 N–H and O–H groups in total. The van der Waals surface area contributed by atoms with Crippen molar-refractivity contribution in [2.45, 2.75) is 36.6 Å². The van der Waals surface area contributed by atoms with Crippen LogP contribution in [0.2, 0.25) is 0 Å². The highest BCUT2D eigenvalue weighted by Crippen LogP contribution is 2.46. The number of hydrogen-bond acceptors (Lipinski definition) is 5. The van der Waals surface area contributed by atoms with E-state index in [0.29, 0.717) is 11.6 Å². The third kappa shape index (κ3) is 2.74.